The molecule has 1 aromatic rings. The molecule has 3 nitrogen and oxygen atoms in total. The largest absolute Gasteiger partial charge is 0.489 e. The third-order valence-electron chi connectivity index (χ3n) is 1.56. The van der Waals surface area contributed by atoms with Crippen LogP contribution in [0.25, 0.3) is 0 Å². The van der Waals surface area contributed by atoms with Gasteiger partial charge in [0.2, 0.25) is 0 Å². The topological polar surface area (TPSA) is 34.1 Å². The maximum atomic E-state index is 13.0. The molecule has 1 N–H and O–H groups in total. The number of rotatable bonds is 5. The Morgan fingerprint density at radius 2 is 2.43 bits per heavy atom. The molecule has 1 heterocycles. The quantitative estimate of drug-likeness (QED) is 0.663. The van der Waals surface area contributed by atoms with Crippen LogP contribution in [0.3, 0.4) is 0 Å². The van der Waals surface area contributed by atoms with Gasteiger partial charge in [0.15, 0.2) is 0 Å². The van der Waals surface area contributed by atoms with Crippen LogP contribution in [-0.2, 0) is 0 Å². The second kappa shape index (κ2) is 6.13. The summed E-state index contributed by atoms with van der Waals surface area (Å²) in [6.45, 7) is 0.362. The van der Waals surface area contributed by atoms with E-state index in [1.807, 2.05) is 6.07 Å². The molecule has 0 bridgehead atoms. The number of ether oxygens (including phenoxy) is 1. The van der Waals surface area contributed by atoms with Crippen LogP contribution in [0.5, 0.6) is 5.75 Å². The molecule has 1 aromatic heterocycles. The Hall–Kier alpha value is -0.430. The van der Waals surface area contributed by atoms with Crippen molar-refractivity contribution in [3.63, 3.8) is 0 Å². The van der Waals surface area contributed by atoms with Gasteiger partial charge >= 0.3 is 0 Å². The van der Waals surface area contributed by atoms with E-state index in [0.717, 1.165) is 3.70 Å². The van der Waals surface area contributed by atoms with Gasteiger partial charge in [-0.2, -0.15) is 0 Å². The molecule has 5 heteroatoms. The zero-order valence-corrected chi connectivity index (χ0v) is 9.99. The first-order valence-corrected chi connectivity index (χ1v) is 5.33. The lowest BCUT2D eigenvalue weighted by atomic mass is 10.4. The maximum absolute atomic E-state index is 13.0. The number of pyridine rings is 1. The maximum Gasteiger partial charge on any atom is 0.146 e. The Morgan fingerprint density at radius 1 is 1.64 bits per heavy atom. The van der Waals surface area contributed by atoms with E-state index in [1.54, 1.807) is 19.3 Å². The van der Waals surface area contributed by atoms with Gasteiger partial charge in [0.1, 0.15) is 22.2 Å². The van der Waals surface area contributed by atoms with Gasteiger partial charge in [-0.25, -0.2) is 9.37 Å². The van der Waals surface area contributed by atoms with Crippen molar-refractivity contribution < 1.29 is 9.13 Å². The van der Waals surface area contributed by atoms with Crippen molar-refractivity contribution >= 4 is 22.6 Å². The van der Waals surface area contributed by atoms with E-state index < -0.39 is 6.17 Å². The van der Waals surface area contributed by atoms with Gasteiger partial charge < -0.3 is 10.1 Å². The van der Waals surface area contributed by atoms with Crippen LogP contribution < -0.4 is 10.1 Å². The molecule has 0 saturated heterocycles. The lowest BCUT2D eigenvalue weighted by Crippen LogP contribution is -2.25. The molecule has 0 fully saturated rings. The molecule has 1 unspecified atom stereocenters. The van der Waals surface area contributed by atoms with E-state index in [1.165, 1.54) is 0 Å². The lowest BCUT2D eigenvalue weighted by molar-refractivity contribution is 0.194. The molecule has 0 radical (unpaired) electrons. The number of halogens is 2. The zero-order valence-electron chi connectivity index (χ0n) is 7.84. The summed E-state index contributed by atoms with van der Waals surface area (Å²) < 4.78 is 19.0. The van der Waals surface area contributed by atoms with Gasteiger partial charge in [0.05, 0.1) is 6.20 Å². The lowest BCUT2D eigenvalue weighted by Gasteiger charge is -2.09. The zero-order chi connectivity index (χ0) is 10.4. The van der Waals surface area contributed by atoms with Gasteiger partial charge in [0, 0.05) is 6.54 Å². The summed E-state index contributed by atoms with van der Waals surface area (Å²) in [7, 11) is 1.71. The normalized spacial score (nSPS) is 12.5. The summed E-state index contributed by atoms with van der Waals surface area (Å²) in [6.07, 6.45) is 0.604. The number of nitrogens with one attached hydrogen (secondary N) is 1. The van der Waals surface area contributed by atoms with Crippen LogP contribution in [0.2, 0.25) is 0 Å². The highest BCUT2D eigenvalue weighted by molar-refractivity contribution is 14.1. The molecule has 0 aliphatic carbocycles. The summed E-state index contributed by atoms with van der Waals surface area (Å²) in [5, 5.41) is 2.74. The van der Waals surface area contributed by atoms with Crippen molar-refractivity contribution in [2.45, 2.75) is 6.17 Å². The standard InChI is InChI=1S/C9H12FIN2O/c1-12-4-7(10)6-14-8-2-3-9(11)13-5-8/h2-3,5,7,12H,4,6H2,1H3. The van der Waals surface area contributed by atoms with Crippen LogP contribution in [0.1, 0.15) is 0 Å². The Kier molecular flexibility index (Phi) is 5.10. The molecule has 1 atom stereocenters. The third kappa shape index (κ3) is 4.19. The molecular formula is C9H12FIN2O. The van der Waals surface area contributed by atoms with E-state index in [2.05, 4.69) is 32.9 Å². The number of aromatic nitrogens is 1. The highest BCUT2D eigenvalue weighted by Crippen LogP contribution is 2.10. The van der Waals surface area contributed by atoms with Gasteiger partial charge in [0.25, 0.3) is 0 Å². The summed E-state index contributed by atoms with van der Waals surface area (Å²) in [5.41, 5.74) is 0. The molecule has 0 saturated carbocycles. The Balaban J connectivity index is 2.34. The fourth-order valence-electron chi connectivity index (χ4n) is 0.915. The van der Waals surface area contributed by atoms with E-state index in [0.29, 0.717) is 12.3 Å². The molecule has 78 valence electrons. The highest BCUT2D eigenvalue weighted by atomic mass is 127. The van der Waals surface area contributed by atoms with Gasteiger partial charge in [-0.05, 0) is 41.8 Å². The van der Waals surface area contributed by atoms with E-state index in [-0.39, 0.29) is 6.61 Å². The van der Waals surface area contributed by atoms with Crippen molar-refractivity contribution in [3.05, 3.63) is 22.0 Å². The smallest absolute Gasteiger partial charge is 0.146 e. The van der Waals surface area contributed by atoms with Crippen molar-refractivity contribution in [2.24, 2.45) is 0 Å². The van der Waals surface area contributed by atoms with Gasteiger partial charge in [-0.3, -0.25) is 0 Å². The van der Waals surface area contributed by atoms with Crippen LogP contribution >= 0.6 is 22.6 Å². The molecular weight excluding hydrogens is 298 g/mol. The Labute approximate surface area is 96.2 Å². The SMILES string of the molecule is CNCC(F)COc1ccc(I)nc1. The number of nitrogens with zero attached hydrogens (tertiary/aromatic N) is 1. The predicted octanol–water partition coefficient (Wildman–Crippen LogP) is 1.62. The Bertz CT molecular complexity index is 268. The molecule has 0 aromatic carbocycles. The fraction of sp³-hybridized carbons (Fsp3) is 0.444. The first-order chi connectivity index (χ1) is 6.72. The fourth-order valence-corrected chi connectivity index (χ4v) is 1.23. The molecule has 14 heavy (non-hydrogen) atoms. The average Bonchev–Trinajstić information content (AvgIpc) is 2.17. The second-order valence-corrected chi connectivity index (χ2v) is 3.89. The van der Waals surface area contributed by atoms with E-state index >= 15 is 0 Å². The molecule has 1 rings (SSSR count). The first-order valence-electron chi connectivity index (χ1n) is 4.25. The van der Waals surface area contributed by atoms with Crippen molar-refractivity contribution in [1.29, 1.82) is 0 Å². The number of hydrogen-bond donors (Lipinski definition) is 1. The Morgan fingerprint density at radius 3 is 3.00 bits per heavy atom. The molecule has 0 spiro atoms. The summed E-state index contributed by atoms with van der Waals surface area (Å²) >= 11 is 2.10. The summed E-state index contributed by atoms with van der Waals surface area (Å²) in [6, 6.07) is 3.60. The van der Waals surface area contributed by atoms with E-state index in [9.17, 15) is 4.39 Å². The van der Waals surface area contributed by atoms with Crippen LogP contribution in [-0.4, -0.2) is 31.4 Å². The third-order valence-corrected chi connectivity index (χ3v) is 2.19. The second-order valence-electron chi connectivity index (χ2n) is 2.78. The summed E-state index contributed by atoms with van der Waals surface area (Å²) in [5.74, 6) is 0.601. The molecule has 0 aliphatic rings. The molecule has 0 amide bonds. The highest BCUT2D eigenvalue weighted by Gasteiger charge is 2.05. The van der Waals surface area contributed by atoms with Crippen molar-refractivity contribution in [2.75, 3.05) is 20.2 Å². The average molecular weight is 310 g/mol. The van der Waals surface area contributed by atoms with Gasteiger partial charge in [-0.15, -0.1) is 0 Å². The minimum absolute atomic E-state index is 0.0586. The minimum Gasteiger partial charge on any atom is -0.489 e. The number of hydrogen-bond acceptors (Lipinski definition) is 3. The van der Waals surface area contributed by atoms with Crippen LogP contribution in [0.4, 0.5) is 4.39 Å². The number of alkyl halides is 1. The van der Waals surface area contributed by atoms with E-state index in [4.69, 9.17) is 4.74 Å². The van der Waals surface area contributed by atoms with Gasteiger partial charge in [-0.1, -0.05) is 0 Å². The predicted molar refractivity (Wildman–Crippen MR) is 61.3 cm³/mol. The van der Waals surface area contributed by atoms with Crippen LogP contribution in [0.15, 0.2) is 18.3 Å². The van der Waals surface area contributed by atoms with Crippen molar-refractivity contribution in [1.82, 2.24) is 10.3 Å². The van der Waals surface area contributed by atoms with Crippen LogP contribution in [0, 0.1) is 3.70 Å². The van der Waals surface area contributed by atoms with Crippen molar-refractivity contribution in [3.8, 4) is 5.75 Å². The molecule has 0 aliphatic heterocycles. The minimum atomic E-state index is -0.987. The summed E-state index contributed by atoms with van der Waals surface area (Å²) in [4.78, 5) is 4.03. The first kappa shape index (κ1) is 11.6. The monoisotopic (exact) mass is 310 g/mol.